The van der Waals surface area contributed by atoms with Crippen molar-refractivity contribution in [2.24, 2.45) is 34.5 Å². The van der Waals surface area contributed by atoms with E-state index in [4.69, 9.17) is 4.74 Å². The molecule has 7 nitrogen and oxygen atoms in total. The number of carbonyl (C=O) groups excluding carboxylic acids is 1. The molecular weight excluding hydrogens is 340 g/mol. The summed E-state index contributed by atoms with van der Waals surface area (Å²) in [6, 6.07) is 0. The fourth-order valence-electron chi connectivity index (χ4n) is 7.70. The molecule has 4 bridgehead atoms. The Labute approximate surface area is 150 Å². The molecule has 26 heavy (non-hydrogen) atoms. The van der Waals surface area contributed by atoms with E-state index in [0.29, 0.717) is 19.3 Å². The zero-order valence-electron chi connectivity index (χ0n) is 14.6. The highest BCUT2D eigenvalue weighted by molar-refractivity contribution is 5.85. The van der Waals surface area contributed by atoms with Crippen molar-refractivity contribution < 1.29 is 34.8 Å². The molecule has 0 amide bonds. The lowest BCUT2D eigenvalue weighted by Crippen LogP contribution is -2.59. The van der Waals surface area contributed by atoms with E-state index >= 15 is 0 Å². The van der Waals surface area contributed by atoms with Gasteiger partial charge in [-0.2, -0.15) is 0 Å². The lowest BCUT2D eigenvalue weighted by Gasteiger charge is -2.47. The summed E-state index contributed by atoms with van der Waals surface area (Å²) < 4.78 is 5.86. The van der Waals surface area contributed by atoms with Crippen molar-refractivity contribution in [2.75, 3.05) is 0 Å². The number of hydrogen-bond donors (Lipinski definition) is 4. The molecule has 0 aromatic rings. The zero-order chi connectivity index (χ0) is 18.8. The summed E-state index contributed by atoms with van der Waals surface area (Å²) in [5, 5.41) is 41.9. The third kappa shape index (κ3) is 1.47. The molecule has 0 radical (unpaired) electrons. The third-order valence-corrected chi connectivity index (χ3v) is 8.53. The monoisotopic (exact) mass is 364 g/mol. The molecule has 1 heterocycles. The fraction of sp³-hybridized carbons (Fsp3) is 0.789. The van der Waals surface area contributed by atoms with Gasteiger partial charge in [0.25, 0.3) is 0 Å². The molecule has 7 heteroatoms. The molecule has 10 atom stereocenters. The standard InChI is InChI=1S/C19H24O7/c1-7-4-18-5-8(7)9(20)3-11(18)19-6-10(21)14(22)17(2,16(25)26-19)13(19)12(18)15(23)24/h8-14,20-22H,1,3-6H2,2H3,(H,23,24)/t8-,9+,10+,11-,12-,13-,14+,17+,18+,19-/m1/s1. The molecule has 0 unspecified atom stereocenters. The van der Waals surface area contributed by atoms with Crippen molar-refractivity contribution in [1.29, 1.82) is 0 Å². The van der Waals surface area contributed by atoms with E-state index in [-0.39, 0.29) is 18.3 Å². The van der Waals surface area contributed by atoms with E-state index in [1.807, 2.05) is 0 Å². The van der Waals surface area contributed by atoms with Gasteiger partial charge < -0.3 is 25.2 Å². The molecule has 0 aromatic carbocycles. The summed E-state index contributed by atoms with van der Waals surface area (Å²) in [5.74, 6) is -3.73. The zero-order valence-corrected chi connectivity index (χ0v) is 14.6. The number of rotatable bonds is 1. The van der Waals surface area contributed by atoms with Crippen LogP contribution in [0.3, 0.4) is 0 Å². The van der Waals surface area contributed by atoms with Crippen LogP contribution >= 0.6 is 0 Å². The lowest BCUT2D eigenvalue weighted by molar-refractivity contribution is -0.165. The summed E-state index contributed by atoms with van der Waals surface area (Å²) in [5.41, 5.74) is -2.40. The van der Waals surface area contributed by atoms with Gasteiger partial charge in [-0.05, 0) is 31.6 Å². The van der Waals surface area contributed by atoms with Gasteiger partial charge in [0.1, 0.15) is 11.0 Å². The average Bonchev–Trinajstić information content (AvgIpc) is 3.04. The molecule has 4 saturated carbocycles. The highest BCUT2D eigenvalue weighted by atomic mass is 16.6. The van der Waals surface area contributed by atoms with Crippen LogP contribution in [0.2, 0.25) is 0 Å². The van der Waals surface area contributed by atoms with E-state index in [1.54, 1.807) is 0 Å². The van der Waals surface area contributed by atoms with E-state index in [2.05, 4.69) is 6.58 Å². The summed E-state index contributed by atoms with van der Waals surface area (Å²) in [6.07, 6.45) is -1.84. The van der Waals surface area contributed by atoms with Gasteiger partial charge in [0.15, 0.2) is 0 Å². The van der Waals surface area contributed by atoms with Crippen molar-refractivity contribution in [3.8, 4) is 0 Å². The summed E-state index contributed by atoms with van der Waals surface area (Å²) in [4.78, 5) is 25.2. The Morgan fingerprint density at radius 2 is 1.92 bits per heavy atom. The number of aliphatic hydroxyl groups is 3. The molecule has 4 N–H and O–H groups in total. The molecule has 142 valence electrons. The second kappa shape index (κ2) is 4.51. The average molecular weight is 364 g/mol. The van der Waals surface area contributed by atoms with Gasteiger partial charge in [-0.3, -0.25) is 9.59 Å². The number of carboxylic acid groups (broad SMARTS) is 1. The van der Waals surface area contributed by atoms with Crippen LogP contribution in [0.4, 0.5) is 0 Å². The minimum atomic E-state index is -1.46. The normalized spacial score (nSPS) is 59.8. The summed E-state index contributed by atoms with van der Waals surface area (Å²) >= 11 is 0. The first-order chi connectivity index (χ1) is 12.1. The molecule has 1 saturated heterocycles. The first-order valence-corrected chi connectivity index (χ1v) is 9.27. The van der Waals surface area contributed by atoms with Crippen LogP contribution in [0.1, 0.15) is 32.6 Å². The Kier molecular flexibility index (Phi) is 2.90. The predicted octanol–water partition coefficient (Wildman–Crippen LogP) is 0.0778. The first-order valence-electron chi connectivity index (χ1n) is 9.27. The lowest BCUT2D eigenvalue weighted by atomic mass is 9.58. The number of carbonyl (C=O) groups is 2. The number of aliphatic hydroxyl groups excluding tert-OH is 3. The molecule has 1 spiro atoms. The maximum absolute atomic E-state index is 12.8. The Balaban J connectivity index is 1.77. The Hall–Kier alpha value is -1.44. The Morgan fingerprint density at radius 3 is 2.58 bits per heavy atom. The van der Waals surface area contributed by atoms with Crippen LogP contribution in [0.25, 0.3) is 0 Å². The van der Waals surface area contributed by atoms with Crippen LogP contribution in [0, 0.1) is 34.5 Å². The number of hydrogen-bond acceptors (Lipinski definition) is 6. The van der Waals surface area contributed by atoms with Gasteiger partial charge in [-0.1, -0.05) is 12.2 Å². The fourth-order valence-corrected chi connectivity index (χ4v) is 7.70. The second-order valence-corrected chi connectivity index (χ2v) is 9.37. The molecule has 5 rings (SSSR count). The maximum Gasteiger partial charge on any atom is 0.315 e. The van der Waals surface area contributed by atoms with Crippen LogP contribution in [0.5, 0.6) is 0 Å². The van der Waals surface area contributed by atoms with Gasteiger partial charge in [-0.15, -0.1) is 0 Å². The van der Waals surface area contributed by atoms with Gasteiger partial charge in [0.05, 0.1) is 24.2 Å². The van der Waals surface area contributed by atoms with Crippen molar-refractivity contribution in [3.05, 3.63) is 12.2 Å². The number of fused-ring (bicyclic) bond motifs is 1. The van der Waals surface area contributed by atoms with E-state index in [9.17, 15) is 30.0 Å². The van der Waals surface area contributed by atoms with Gasteiger partial charge >= 0.3 is 11.9 Å². The number of aliphatic carboxylic acids is 1. The summed E-state index contributed by atoms with van der Waals surface area (Å²) in [6.45, 7) is 5.60. The van der Waals surface area contributed by atoms with E-state index in [1.165, 1.54) is 6.92 Å². The van der Waals surface area contributed by atoms with E-state index in [0.717, 1.165) is 5.57 Å². The Morgan fingerprint density at radius 1 is 1.23 bits per heavy atom. The second-order valence-electron chi connectivity index (χ2n) is 9.37. The van der Waals surface area contributed by atoms with Gasteiger partial charge in [0.2, 0.25) is 0 Å². The molecule has 1 aliphatic heterocycles. The summed E-state index contributed by atoms with van der Waals surface area (Å²) in [7, 11) is 0. The predicted molar refractivity (Wildman–Crippen MR) is 86.6 cm³/mol. The van der Waals surface area contributed by atoms with Gasteiger partial charge in [0, 0.05) is 24.2 Å². The largest absolute Gasteiger partial charge is 0.481 e. The Bertz CT molecular complexity index is 748. The maximum atomic E-state index is 12.8. The van der Waals surface area contributed by atoms with Crippen LogP contribution < -0.4 is 0 Å². The van der Waals surface area contributed by atoms with E-state index < -0.39 is 58.5 Å². The minimum Gasteiger partial charge on any atom is -0.481 e. The van der Waals surface area contributed by atoms with Crippen molar-refractivity contribution in [3.63, 3.8) is 0 Å². The van der Waals surface area contributed by atoms with Crippen molar-refractivity contribution in [1.82, 2.24) is 0 Å². The molecular formula is C19H24O7. The minimum absolute atomic E-state index is 0.0141. The first kappa shape index (κ1) is 16.7. The van der Waals surface area contributed by atoms with Crippen LogP contribution in [0.15, 0.2) is 12.2 Å². The SMILES string of the molecule is C=C1C[C@]23C[C@H]1[C@@H](O)C[C@H]2[C@@]12C[C@H](O)[C@H](O)[C@@](C)(C(=O)O1)[C@H]2[C@@H]3C(=O)O. The topological polar surface area (TPSA) is 124 Å². The number of ether oxygens (including phenoxy) is 1. The van der Waals surface area contributed by atoms with Crippen LogP contribution in [-0.2, 0) is 14.3 Å². The quantitative estimate of drug-likeness (QED) is 0.384. The number of esters is 1. The molecule has 0 aromatic heterocycles. The molecule has 5 aliphatic rings. The smallest absolute Gasteiger partial charge is 0.315 e. The molecule has 4 aliphatic carbocycles. The van der Waals surface area contributed by atoms with Crippen molar-refractivity contribution >= 4 is 11.9 Å². The van der Waals surface area contributed by atoms with Gasteiger partial charge in [-0.25, -0.2) is 0 Å². The number of carboxylic acids is 1. The molecule has 5 fully saturated rings. The highest BCUT2D eigenvalue weighted by Gasteiger charge is 2.84. The third-order valence-electron chi connectivity index (χ3n) is 8.53. The highest BCUT2D eigenvalue weighted by Crippen LogP contribution is 2.77. The van der Waals surface area contributed by atoms with Crippen molar-refractivity contribution in [2.45, 2.75) is 56.5 Å². The van der Waals surface area contributed by atoms with Crippen LogP contribution in [-0.4, -0.2) is 56.3 Å².